The fourth-order valence-electron chi connectivity index (χ4n) is 1.27. The molecule has 1 aliphatic rings. The van der Waals surface area contributed by atoms with Crippen LogP contribution < -0.4 is 5.32 Å². The number of nitrogens with one attached hydrogen (secondary N) is 1. The maximum absolute atomic E-state index is 11.3. The third-order valence-corrected chi connectivity index (χ3v) is 3.64. The molecule has 0 unspecified atom stereocenters. The minimum absolute atomic E-state index is 0.0723. The van der Waals surface area contributed by atoms with Gasteiger partial charge in [0.25, 0.3) is 5.91 Å². The van der Waals surface area contributed by atoms with E-state index in [0.717, 1.165) is 8.79 Å². The Morgan fingerprint density at radius 3 is 2.83 bits per heavy atom. The van der Waals surface area contributed by atoms with Gasteiger partial charge in [-0.25, -0.2) is 4.98 Å². The topological polar surface area (TPSA) is 42.0 Å². The summed E-state index contributed by atoms with van der Waals surface area (Å²) in [6.07, 6.45) is 0. The van der Waals surface area contributed by atoms with Gasteiger partial charge in [-0.15, -0.1) is 11.3 Å². The molecule has 0 aliphatic carbocycles. The molecule has 0 saturated heterocycles. The first kappa shape index (κ1) is 8.19. The Bertz CT molecular complexity index is 358. The molecular formula is C7H7BrN2OS. The van der Waals surface area contributed by atoms with Crippen LogP contribution in [0.25, 0.3) is 0 Å². The Hall–Kier alpha value is -0.420. The highest BCUT2D eigenvalue weighted by Gasteiger charge is 2.38. The number of halogens is 1. The Morgan fingerprint density at radius 1 is 1.58 bits per heavy atom. The normalized spacial score (nSPS) is 19.1. The number of aromatic nitrogens is 1. The fraction of sp³-hybridized carbons (Fsp3) is 0.429. The highest BCUT2D eigenvalue weighted by molar-refractivity contribution is 9.11. The summed E-state index contributed by atoms with van der Waals surface area (Å²) < 4.78 is 0.774. The minimum Gasteiger partial charge on any atom is -0.341 e. The second kappa shape index (κ2) is 2.29. The lowest BCUT2D eigenvalue weighted by molar-refractivity contribution is 0.0936. The van der Waals surface area contributed by atoms with E-state index in [9.17, 15) is 4.79 Å². The van der Waals surface area contributed by atoms with E-state index >= 15 is 0 Å². The molecule has 0 atom stereocenters. The van der Waals surface area contributed by atoms with Crippen molar-refractivity contribution < 1.29 is 4.79 Å². The number of carbonyl (C=O) groups excluding carboxylic acids is 1. The molecule has 64 valence electrons. The molecule has 1 amide bonds. The monoisotopic (exact) mass is 246 g/mol. The number of fused-ring (bicyclic) bond motifs is 1. The molecule has 0 fully saturated rings. The third-order valence-electron chi connectivity index (χ3n) is 1.81. The number of thiazole rings is 1. The Labute approximate surface area is 82.3 Å². The summed E-state index contributed by atoms with van der Waals surface area (Å²) in [6, 6.07) is 0. The van der Waals surface area contributed by atoms with Gasteiger partial charge in [0.2, 0.25) is 0 Å². The summed E-state index contributed by atoms with van der Waals surface area (Å²) in [6.45, 7) is 3.95. The minimum atomic E-state index is -0.254. The molecule has 2 heterocycles. The first-order valence-corrected chi connectivity index (χ1v) is 5.11. The summed E-state index contributed by atoms with van der Waals surface area (Å²) in [5, 5.41) is 2.85. The van der Waals surface area contributed by atoms with E-state index in [2.05, 4.69) is 26.2 Å². The number of hydrogen-bond donors (Lipinski definition) is 1. The van der Waals surface area contributed by atoms with Crippen LogP contribution in [0.15, 0.2) is 3.92 Å². The van der Waals surface area contributed by atoms with Gasteiger partial charge in [-0.05, 0) is 29.8 Å². The van der Waals surface area contributed by atoms with Gasteiger partial charge in [0.15, 0.2) is 3.92 Å². The van der Waals surface area contributed by atoms with Crippen LogP contribution >= 0.6 is 27.3 Å². The van der Waals surface area contributed by atoms with Gasteiger partial charge < -0.3 is 5.32 Å². The van der Waals surface area contributed by atoms with Crippen molar-refractivity contribution in [1.82, 2.24) is 10.3 Å². The van der Waals surface area contributed by atoms with Gasteiger partial charge in [0, 0.05) is 0 Å². The summed E-state index contributed by atoms with van der Waals surface area (Å²) in [5.41, 5.74) is 0.313. The van der Waals surface area contributed by atoms with E-state index in [1.54, 1.807) is 0 Å². The number of carbonyl (C=O) groups is 1. The van der Waals surface area contributed by atoms with Crippen LogP contribution in [0.4, 0.5) is 0 Å². The van der Waals surface area contributed by atoms with Crippen molar-refractivity contribution in [3.8, 4) is 0 Å². The zero-order valence-corrected chi connectivity index (χ0v) is 9.04. The number of amides is 1. The average molecular weight is 247 g/mol. The maximum atomic E-state index is 11.3. The van der Waals surface area contributed by atoms with Crippen LogP contribution in [0.5, 0.6) is 0 Å². The van der Waals surface area contributed by atoms with Gasteiger partial charge in [-0.2, -0.15) is 0 Å². The van der Waals surface area contributed by atoms with Crippen LogP contribution in [0.3, 0.4) is 0 Å². The van der Waals surface area contributed by atoms with Crippen molar-refractivity contribution >= 4 is 33.2 Å². The smallest absolute Gasteiger partial charge is 0.271 e. The molecule has 1 aromatic rings. The predicted molar refractivity (Wildman–Crippen MR) is 50.3 cm³/mol. The lowest BCUT2D eigenvalue weighted by Gasteiger charge is -2.16. The summed E-state index contributed by atoms with van der Waals surface area (Å²) in [5.74, 6) is -0.0723. The predicted octanol–water partition coefficient (Wildman–Crippen LogP) is 1.88. The summed E-state index contributed by atoms with van der Waals surface area (Å²) >= 11 is 4.77. The van der Waals surface area contributed by atoms with Crippen molar-refractivity contribution in [1.29, 1.82) is 0 Å². The van der Waals surface area contributed by atoms with Crippen LogP contribution in [0.2, 0.25) is 0 Å². The molecule has 0 saturated carbocycles. The zero-order chi connectivity index (χ0) is 8.93. The Kier molecular flexibility index (Phi) is 1.56. The van der Waals surface area contributed by atoms with Crippen LogP contribution in [0, 0.1) is 0 Å². The van der Waals surface area contributed by atoms with E-state index < -0.39 is 0 Å². The van der Waals surface area contributed by atoms with Gasteiger partial charge in [-0.3, -0.25) is 4.79 Å². The highest BCUT2D eigenvalue weighted by Crippen LogP contribution is 2.36. The molecule has 5 heteroatoms. The molecule has 0 spiro atoms. The molecule has 2 rings (SSSR count). The average Bonchev–Trinajstić information content (AvgIpc) is 2.37. The lowest BCUT2D eigenvalue weighted by Crippen LogP contribution is -2.32. The molecule has 1 N–H and O–H groups in total. The van der Waals surface area contributed by atoms with Gasteiger partial charge in [0.05, 0.1) is 10.4 Å². The fourth-order valence-corrected chi connectivity index (χ4v) is 2.78. The summed E-state index contributed by atoms with van der Waals surface area (Å²) in [7, 11) is 0. The number of hydrogen-bond acceptors (Lipinski definition) is 3. The van der Waals surface area contributed by atoms with Crippen LogP contribution in [-0.4, -0.2) is 10.9 Å². The SMILES string of the molecule is CC1(C)NC(=O)c2nc(Br)sc21. The van der Waals surface area contributed by atoms with Crippen LogP contribution in [0.1, 0.15) is 29.2 Å². The number of nitrogens with zero attached hydrogens (tertiary/aromatic N) is 1. The molecule has 1 aliphatic heterocycles. The first-order chi connectivity index (χ1) is 5.50. The van der Waals surface area contributed by atoms with Crippen molar-refractivity contribution in [2.24, 2.45) is 0 Å². The molecule has 0 bridgehead atoms. The quantitative estimate of drug-likeness (QED) is 0.760. The molecule has 1 aromatic heterocycles. The van der Waals surface area contributed by atoms with Crippen molar-refractivity contribution in [3.05, 3.63) is 14.5 Å². The van der Waals surface area contributed by atoms with E-state index in [-0.39, 0.29) is 11.4 Å². The number of rotatable bonds is 0. The second-order valence-electron chi connectivity index (χ2n) is 3.22. The Morgan fingerprint density at radius 2 is 2.25 bits per heavy atom. The molecule has 0 aromatic carbocycles. The largest absolute Gasteiger partial charge is 0.341 e. The van der Waals surface area contributed by atoms with Crippen molar-refractivity contribution in [2.75, 3.05) is 0 Å². The molecule has 3 nitrogen and oxygen atoms in total. The van der Waals surface area contributed by atoms with E-state index in [4.69, 9.17) is 0 Å². The van der Waals surface area contributed by atoms with Crippen molar-refractivity contribution in [3.63, 3.8) is 0 Å². The van der Waals surface area contributed by atoms with Gasteiger partial charge in [-0.1, -0.05) is 0 Å². The van der Waals surface area contributed by atoms with E-state index in [1.165, 1.54) is 11.3 Å². The summed E-state index contributed by atoms with van der Waals surface area (Å²) in [4.78, 5) is 16.4. The van der Waals surface area contributed by atoms with Crippen molar-refractivity contribution in [2.45, 2.75) is 19.4 Å². The van der Waals surface area contributed by atoms with Gasteiger partial charge >= 0.3 is 0 Å². The van der Waals surface area contributed by atoms with Gasteiger partial charge in [0.1, 0.15) is 5.69 Å². The van der Waals surface area contributed by atoms with E-state index in [0.29, 0.717) is 5.69 Å². The second-order valence-corrected chi connectivity index (χ2v) is 5.50. The molecule has 12 heavy (non-hydrogen) atoms. The third kappa shape index (κ3) is 0.998. The standard InChI is InChI=1S/C7H7BrN2OS/c1-7(2)4-3(5(11)10-7)9-6(8)12-4/h1-2H3,(H,10,11). The first-order valence-electron chi connectivity index (χ1n) is 3.50. The zero-order valence-electron chi connectivity index (χ0n) is 6.64. The van der Waals surface area contributed by atoms with E-state index in [1.807, 2.05) is 13.8 Å². The lowest BCUT2D eigenvalue weighted by atomic mass is 10.1. The maximum Gasteiger partial charge on any atom is 0.271 e. The molecule has 0 radical (unpaired) electrons. The highest BCUT2D eigenvalue weighted by atomic mass is 79.9. The molecular weight excluding hydrogens is 240 g/mol. The Balaban J connectivity index is 2.64. The van der Waals surface area contributed by atoms with Crippen LogP contribution in [-0.2, 0) is 5.54 Å².